The number of aliphatic hydroxyl groups excluding tert-OH is 3. The first-order valence-electron chi connectivity index (χ1n) is 8.62. The molecule has 3 aromatic rings. The summed E-state index contributed by atoms with van der Waals surface area (Å²) in [6.07, 6.45) is -2.61. The van der Waals surface area contributed by atoms with E-state index in [1.807, 2.05) is 13.8 Å². The highest BCUT2D eigenvalue weighted by atomic mass is 19.1. The molecule has 5 unspecified atom stereocenters. The van der Waals surface area contributed by atoms with Crippen LogP contribution >= 0.6 is 0 Å². The number of hydrogen-bond donors (Lipinski definition) is 3. The molecule has 3 heterocycles. The second-order valence-corrected chi connectivity index (χ2v) is 6.85. The Kier molecular flexibility index (Phi) is 4.43. The smallest absolute Gasteiger partial charge is 0.164 e. The number of aromatic nitrogens is 3. The van der Waals surface area contributed by atoms with Crippen molar-refractivity contribution in [1.29, 1.82) is 0 Å². The molecule has 1 fully saturated rings. The highest BCUT2D eigenvalue weighted by Gasteiger charge is 2.47. The summed E-state index contributed by atoms with van der Waals surface area (Å²) in [5, 5.41) is 32.4. The number of aliphatic hydroxyl groups is 3. The van der Waals surface area contributed by atoms with Crippen LogP contribution in [0.2, 0.25) is 0 Å². The summed E-state index contributed by atoms with van der Waals surface area (Å²) < 4.78 is 20.6. The molecular formula is C19H20FN3O4. The molecule has 8 heteroatoms. The predicted octanol–water partition coefficient (Wildman–Crippen LogP) is 1.54. The first kappa shape index (κ1) is 18.0. The third kappa shape index (κ3) is 2.90. The summed E-state index contributed by atoms with van der Waals surface area (Å²) in [5.41, 5.74) is 2.68. The number of fused-ring (bicyclic) bond motifs is 1. The van der Waals surface area contributed by atoms with E-state index in [9.17, 15) is 19.7 Å². The standard InChI is InChI=1S/C19H20FN3O4/c1-9-7-23(18-13(9)10(2)21-8-22-18)19-16(26)15(25)17(27-19)14(24)11-3-5-12(20)6-4-11/h3-8,14-17,19,24-26H,1-2H3. The maximum absolute atomic E-state index is 13.1. The number of ether oxygens (including phenoxy) is 1. The molecule has 4 rings (SSSR count). The van der Waals surface area contributed by atoms with Gasteiger partial charge in [-0.15, -0.1) is 0 Å². The van der Waals surface area contributed by atoms with Gasteiger partial charge in [0, 0.05) is 11.6 Å². The predicted molar refractivity (Wildman–Crippen MR) is 94.3 cm³/mol. The number of aryl methyl sites for hydroxylation is 2. The van der Waals surface area contributed by atoms with E-state index < -0.39 is 36.5 Å². The van der Waals surface area contributed by atoms with E-state index in [0.717, 1.165) is 16.6 Å². The van der Waals surface area contributed by atoms with Gasteiger partial charge in [0.25, 0.3) is 0 Å². The number of halogens is 1. The first-order chi connectivity index (χ1) is 12.9. The van der Waals surface area contributed by atoms with Crippen molar-refractivity contribution >= 4 is 11.0 Å². The van der Waals surface area contributed by atoms with Gasteiger partial charge in [-0.3, -0.25) is 0 Å². The molecule has 27 heavy (non-hydrogen) atoms. The lowest BCUT2D eigenvalue weighted by Gasteiger charge is -2.21. The highest BCUT2D eigenvalue weighted by molar-refractivity contribution is 5.82. The van der Waals surface area contributed by atoms with Gasteiger partial charge in [0.05, 0.1) is 5.69 Å². The number of benzene rings is 1. The largest absolute Gasteiger partial charge is 0.387 e. The SMILES string of the molecule is Cc1cn(C2OC(C(O)c3ccc(F)cc3)C(O)C2O)c2ncnc(C)c12. The molecule has 142 valence electrons. The zero-order valence-electron chi connectivity index (χ0n) is 14.8. The Balaban J connectivity index is 1.68. The van der Waals surface area contributed by atoms with Crippen LogP contribution in [0.1, 0.15) is 29.2 Å². The molecule has 0 spiro atoms. The minimum atomic E-state index is -1.32. The van der Waals surface area contributed by atoms with Crippen molar-refractivity contribution in [2.75, 3.05) is 0 Å². The van der Waals surface area contributed by atoms with Crippen LogP contribution in [0, 0.1) is 19.7 Å². The van der Waals surface area contributed by atoms with Crippen LogP contribution in [0.5, 0.6) is 0 Å². The molecule has 0 aliphatic carbocycles. The quantitative estimate of drug-likeness (QED) is 0.644. The minimum absolute atomic E-state index is 0.389. The molecule has 1 saturated heterocycles. The Morgan fingerprint density at radius 1 is 1.11 bits per heavy atom. The highest BCUT2D eigenvalue weighted by Crippen LogP contribution is 2.38. The van der Waals surface area contributed by atoms with E-state index in [2.05, 4.69) is 9.97 Å². The lowest BCUT2D eigenvalue weighted by atomic mass is 9.99. The van der Waals surface area contributed by atoms with E-state index in [-0.39, 0.29) is 0 Å². The molecule has 7 nitrogen and oxygen atoms in total. The van der Waals surface area contributed by atoms with Crippen molar-refractivity contribution in [3.8, 4) is 0 Å². The van der Waals surface area contributed by atoms with Crippen LogP contribution in [0.25, 0.3) is 11.0 Å². The zero-order valence-corrected chi connectivity index (χ0v) is 14.8. The Labute approximate surface area is 154 Å². The third-order valence-electron chi connectivity index (χ3n) is 5.06. The van der Waals surface area contributed by atoms with E-state index in [4.69, 9.17) is 4.74 Å². The molecule has 0 saturated carbocycles. The normalized spacial score (nSPS) is 26.6. The molecule has 0 amide bonds. The summed E-state index contributed by atoms with van der Waals surface area (Å²) in [5.74, 6) is -0.430. The summed E-state index contributed by atoms with van der Waals surface area (Å²) in [4.78, 5) is 8.46. The van der Waals surface area contributed by atoms with Gasteiger partial charge >= 0.3 is 0 Å². The zero-order chi connectivity index (χ0) is 19.3. The van der Waals surface area contributed by atoms with Gasteiger partial charge in [-0.25, -0.2) is 14.4 Å². The van der Waals surface area contributed by atoms with Gasteiger partial charge in [0.15, 0.2) is 6.23 Å². The van der Waals surface area contributed by atoms with Gasteiger partial charge in [-0.2, -0.15) is 0 Å². The second-order valence-electron chi connectivity index (χ2n) is 6.85. The van der Waals surface area contributed by atoms with E-state index >= 15 is 0 Å². The van der Waals surface area contributed by atoms with E-state index in [1.54, 1.807) is 10.8 Å². The van der Waals surface area contributed by atoms with E-state index in [1.165, 1.54) is 30.6 Å². The van der Waals surface area contributed by atoms with Crippen molar-refractivity contribution in [2.45, 2.75) is 44.5 Å². The van der Waals surface area contributed by atoms with Gasteiger partial charge in [-0.05, 0) is 37.1 Å². The summed E-state index contributed by atoms with van der Waals surface area (Å²) >= 11 is 0. The van der Waals surface area contributed by atoms with Crippen LogP contribution in [-0.2, 0) is 4.74 Å². The molecule has 5 atom stereocenters. The van der Waals surface area contributed by atoms with Crippen molar-refractivity contribution in [2.24, 2.45) is 0 Å². The van der Waals surface area contributed by atoms with Crippen LogP contribution in [0.15, 0.2) is 36.8 Å². The summed E-state index contributed by atoms with van der Waals surface area (Å²) in [7, 11) is 0. The summed E-state index contributed by atoms with van der Waals surface area (Å²) in [6, 6.07) is 5.27. The molecule has 0 radical (unpaired) electrons. The third-order valence-corrected chi connectivity index (χ3v) is 5.06. The fourth-order valence-corrected chi connectivity index (χ4v) is 3.67. The maximum atomic E-state index is 13.1. The van der Waals surface area contributed by atoms with Crippen molar-refractivity contribution < 1.29 is 24.4 Å². The minimum Gasteiger partial charge on any atom is -0.387 e. The maximum Gasteiger partial charge on any atom is 0.164 e. The average Bonchev–Trinajstić information content (AvgIpc) is 3.13. The van der Waals surface area contributed by atoms with Crippen molar-refractivity contribution in [3.63, 3.8) is 0 Å². The molecular weight excluding hydrogens is 353 g/mol. The van der Waals surface area contributed by atoms with E-state index in [0.29, 0.717) is 11.2 Å². The van der Waals surface area contributed by atoms with Gasteiger partial charge in [0.1, 0.15) is 42.2 Å². The van der Waals surface area contributed by atoms with Gasteiger partial charge < -0.3 is 24.6 Å². The van der Waals surface area contributed by atoms with Crippen molar-refractivity contribution in [3.05, 3.63) is 59.4 Å². The van der Waals surface area contributed by atoms with Gasteiger partial charge in [0.2, 0.25) is 0 Å². The Morgan fingerprint density at radius 2 is 1.81 bits per heavy atom. The molecule has 3 N–H and O–H groups in total. The number of hydrogen-bond acceptors (Lipinski definition) is 6. The van der Waals surface area contributed by atoms with Crippen LogP contribution in [0.4, 0.5) is 4.39 Å². The Hall–Kier alpha value is -2.39. The first-order valence-corrected chi connectivity index (χ1v) is 8.62. The Bertz CT molecular complexity index is 975. The lowest BCUT2D eigenvalue weighted by Crippen LogP contribution is -2.34. The number of nitrogens with zero attached hydrogens (tertiary/aromatic N) is 3. The topological polar surface area (TPSA) is 101 Å². The summed E-state index contributed by atoms with van der Waals surface area (Å²) in [6.45, 7) is 3.76. The van der Waals surface area contributed by atoms with Crippen LogP contribution < -0.4 is 0 Å². The fourth-order valence-electron chi connectivity index (χ4n) is 3.67. The molecule has 2 aromatic heterocycles. The molecule has 1 aromatic carbocycles. The second kappa shape index (κ2) is 6.65. The Morgan fingerprint density at radius 3 is 2.52 bits per heavy atom. The van der Waals surface area contributed by atoms with Gasteiger partial charge in [-0.1, -0.05) is 12.1 Å². The monoisotopic (exact) mass is 373 g/mol. The van der Waals surface area contributed by atoms with Crippen LogP contribution in [-0.4, -0.2) is 48.2 Å². The molecule has 0 bridgehead atoms. The van der Waals surface area contributed by atoms with Crippen LogP contribution in [0.3, 0.4) is 0 Å². The molecule has 1 aliphatic rings. The average molecular weight is 373 g/mol. The number of rotatable bonds is 3. The van der Waals surface area contributed by atoms with Crippen molar-refractivity contribution in [1.82, 2.24) is 14.5 Å². The fraction of sp³-hybridized carbons (Fsp3) is 0.368. The molecule has 1 aliphatic heterocycles. The lowest BCUT2D eigenvalue weighted by molar-refractivity contribution is -0.0848.